The molecule has 2 nitrogen and oxygen atoms in total. The summed E-state index contributed by atoms with van der Waals surface area (Å²) < 4.78 is 13.5. The van der Waals surface area contributed by atoms with Gasteiger partial charge in [0.05, 0.1) is 5.69 Å². The van der Waals surface area contributed by atoms with Crippen LogP contribution in [0.4, 0.5) is 10.1 Å². The van der Waals surface area contributed by atoms with Gasteiger partial charge in [-0.25, -0.2) is 4.39 Å². The molecule has 0 amide bonds. The summed E-state index contributed by atoms with van der Waals surface area (Å²) in [6.45, 7) is 2.98. The zero-order valence-electron chi connectivity index (χ0n) is 10.3. The maximum absolute atomic E-state index is 13.5. The molecule has 0 saturated heterocycles. The Labute approximate surface area is 97.5 Å². The summed E-state index contributed by atoms with van der Waals surface area (Å²) in [5.41, 5.74) is 0.666. The molecule has 0 heterocycles. The molecule has 1 N–H and O–H groups in total. The van der Waals surface area contributed by atoms with Gasteiger partial charge >= 0.3 is 0 Å². The maximum Gasteiger partial charge on any atom is 0.146 e. The lowest BCUT2D eigenvalue weighted by Gasteiger charge is -2.25. The van der Waals surface area contributed by atoms with Crippen LogP contribution in [0.2, 0.25) is 0 Å². The molecule has 1 aromatic rings. The van der Waals surface area contributed by atoms with Crippen LogP contribution in [0.25, 0.3) is 0 Å². The van der Waals surface area contributed by atoms with Crippen molar-refractivity contribution < 1.29 is 4.39 Å². The molecule has 0 aliphatic rings. The van der Waals surface area contributed by atoms with Crippen LogP contribution in [0.5, 0.6) is 0 Å². The van der Waals surface area contributed by atoms with Gasteiger partial charge in [0, 0.05) is 19.6 Å². The highest BCUT2D eigenvalue weighted by Gasteiger charge is 2.11. The normalized spacial score (nSPS) is 12.5. The molecule has 3 heteroatoms. The summed E-state index contributed by atoms with van der Waals surface area (Å²) in [7, 11) is 3.88. The number of nitrogens with zero attached hydrogens (tertiary/aromatic N) is 1. The third kappa shape index (κ3) is 3.49. The van der Waals surface area contributed by atoms with Crippen molar-refractivity contribution in [1.82, 2.24) is 5.32 Å². The van der Waals surface area contributed by atoms with Gasteiger partial charge in [-0.1, -0.05) is 25.5 Å². The second-order valence-electron chi connectivity index (χ2n) is 4.11. The van der Waals surface area contributed by atoms with Crippen molar-refractivity contribution in [1.29, 1.82) is 0 Å². The van der Waals surface area contributed by atoms with Crippen LogP contribution < -0.4 is 10.2 Å². The standard InChI is InChI=1S/C13H21FN2/c1-4-7-11(15-2)10-16(3)13-9-6-5-8-12(13)14/h5-6,8-9,11,15H,4,7,10H2,1-3H3. The minimum Gasteiger partial charge on any atom is -0.371 e. The van der Waals surface area contributed by atoms with Gasteiger partial charge < -0.3 is 10.2 Å². The lowest BCUT2D eigenvalue weighted by molar-refractivity contribution is 0.511. The first-order chi connectivity index (χ1) is 7.69. The summed E-state index contributed by atoms with van der Waals surface area (Å²) in [5.74, 6) is -0.156. The number of hydrogen-bond acceptors (Lipinski definition) is 2. The van der Waals surface area contributed by atoms with E-state index in [1.165, 1.54) is 6.07 Å². The fourth-order valence-electron chi connectivity index (χ4n) is 1.87. The monoisotopic (exact) mass is 224 g/mol. The topological polar surface area (TPSA) is 15.3 Å². The minimum atomic E-state index is -0.156. The first kappa shape index (κ1) is 13.0. The molecule has 1 aromatic carbocycles. The predicted molar refractivity (Wildman–Crippen MR) is 67.4 cm³/mol. The van der Waals surface area contributed by atoms with Crippen molar-refractivity contribution in [3.63, 3.8) is 0 Å². The lowest BCUT2D eigenvalue weighted by atomic mass is 10.1. The molecule has 1 unspecified atom stereocenters. The molecule has 16 heavy (non-hydrogen) atoms. The van der Waals surface area contributed by atoms with E-state index in [9.17, 15) is 4.39 Å². The summed E-state index contributed by atoms with van der Waals surface area (Å²) in [6.07, 6.45) is 2.24. The first-order valence-electron chi connectivity index (χ1n) is 5.82. The molecule has 90 valence electrons. The van der Waals surface area contributed by atoms with Gasteiger partial charge in [-0.3, -0.25) is 0 Å². The van der Waals surface area contributed by atoms with E-state index in [0.29, 0.717) is 11.7 Å². The van der Waals surface area contributed by atoms with Crippen molar-refractivity contribution in [3.8, 4) is 0 Å². The van der Waals surface area contributed by atoms with Crippen LogP contribution in [0.1, 0.15) is 19.8 Å². The van der Waals surface area contributed by atoms with Gasteiger partial charge in [0.1, 0.15) is 5.82 Å². The summed E-state index contributed by atoms with van der Waals surface area (Å²) in [6, 6.07) is 7.31. The van der Waals surface area contributed by atoms with Gasteiger partial charge in [0.25, 0.3) is 0 Å². The maximum atomic E-state index is 13.5. The Morgan fingerprint density at radius 3 is 2.62 bits per heavy atom. The lowest BCUT2D eigenvalue weighted by Crippen LogP contribution is -2.37. The molecule has 0 aliphatic heterocycles. The third-order valence-electron chi connectivity index (χ3n) is 2.80. The minimum absolute atomic E-state index is 0.156. The second kappa shape index (κ2) is 6.48. The molecule has 0 aromatic heterocycles. The summed E-state index contributed by atoms with van der Waals surface area (Å²) in [4.78, 5) is 1.96. The van der Waals surface area contributed by atoms with Crippen LogP contribution in [0.3, 0.4) is 0 Å². The SMILES string of the molecule is CCCC(CN(C)c1ccccc1F)NC. The van der Waals surface area contributed by atoms with Crippen molar-refractivity contribution in [3.05, 3.63) is 30.1 Å². The van der Waals surface area contributed by atoms with Crippen molar-refractivity contribution in [2.75, 3.05) is 25.5 Å². The van der Waals surface area contributed by atoms with Gasteiger partial charge in [-0.2, -0.15) is 0 Å². The molecule has 1 rings (SSSR count). The van der Waals surface area contributed by atoms with E-state index in [1.54, 1.807) is 6.07 Å². The summed E-state index contributed by atoms with van der Waals surface area (Å²) >= 11 is 0. The molecule has 1 atom stereocenters. The number of benzene rings is 1. The Balaban J connectivity index is 2.64. The van der Waals surface area contributed by atoms with Crippen LogP contribution >= 0.6 is 0 Å². The van der Waals surface area contributed by atoms with E-state index < -0.39 is 0 Å². The zero-order valence-corrected chi connectivity index (χ0v) is 10.3. The number of rotatable bonds is 6. The highest BCUT2D eigenvalue weighted by molar-refractivity contribution is 5.46. The number of anilines is 1. The average molecular weight is 224 g/mol. The first-order valence-corrected chi connectivity index (χ1v) is 5.82. The largest absolute Gasteiger partial charge is 0.371 e. The van der Waals surface area contributed by atoms with E-state index in [4.69, 9.17) is 0 Å². The Bertz CT molecular complexity index is 315. The van der Waals surface area contributed by atoms with E-state index in [2.05, 4.69) is 12.2 Å². The Hall–Kier alpha value is -1.09. The highest BCUT2D eigenvalue weighted by atomic mass is 19.1. The smallest absolute Gasteiger partial charge is 0.146 e. The van der Waals surface area contributed by atoms with Crippen LogP contribution in [0, 0.1) is 5.82 Å². The number of likely N-dealkylation sites (N-methyl/N-ethyl adjacent to an activating group) is 2. The Kier molecular flexibility index (Phi) is 5.26. The quantitative estimate of drug-likeness (QED) is 0.799. The zero-order chi connectivity index (χ0) is 12.0. The van der Waals surface area contributed by atoms with E-state index >= 15 is 0 Å². The molecule has 0 radical (unpaired) electrons. The number of para-hydroxylation sites is 1. The van der Waals surface area contributed by atoms with Crippen molar-refractivity contribution in [2.24, 2.45) is 0 Å². The molecule has 0 fully saturated rings. The molecule has 0 bridgehead atoms. The van der Waals surface area contributed by atoms with E-state index in [0.717, 1.165) is 19.4 Å². The second-order valence-corrected chi connectivity index (χ2v) is 4.11. The summed E-state index contributed by atoms with van der Waals surface area (Å²) in [5, 5.41) is 3.26. The van der Waals surface area contributed by atoms with Gasteiger partial charge in [-0.15, -0.1) is 0 Å². The van der Waals surface area contributed by atoms with Gasteiger partial charge in [0.2, 0.25) is 0 Å². The molecule has 0 spiro atoms. The van der Waals surface area contributed by atoms with Gasteiger partial charge in [-0.05, 0) is 25.6 Å². The van der Waals surface area contributed by atoms with Gasteiger partial charge in [0.15, 0.2) is 0 Å². The molecule has 0 aliphatic carbocycles. The number of halogens is 1. The molecular weight excluding hydrogens is 203 g/mol. The molecule has 0 saturated carbocycles. The van der Waals surface area contributed by atoms with E-state index in [1.807, 2.05) is 31.1 Å². The predicted octanol–water partition coefficient (Wildman–Crippen LogP) is 2.65. The highest BCUT2D eigenvalue weighted by Crippen LogP contribution is 2.17. The fraction of sp³-hybridized carbons (Fsp3) is 0.538. The van der Waals surface area contributed by atoms with Crippen LogP contribution in [-0.4, -0.2) is 26.7 Å². The van der Waals surface area contributed by atoms with E-state index in [-0.39, 0.29) is 5.82 Å². The van der Waals surface area contributed by atoms with Crippen LogP contribution in [-0.2, 0) is 0 Å². The molecular formula is C13H21FN2. The third-order valence-corrected chi connectivity index (χ3v) is 2.80. The Morgan fingerprint density at radius 2 is 2.06 bits per heavy atom. The fourth-order valence-corrected chi connectivity index (χ4v) is 1.87. The van der Waals surface area contributed by atoms with Crippen molar-refractivity contribution >= 4 is 5.69 Å². The average Bonchev–Trinajstić information content (AvgIpc) is 2.28. The van der Waals surface area contributed by atoms with Crippen LogP contribution in [0.15, 0.2) is 24.3 Å². The number of hydrogen-bond donors (Lipinski definition) is 1. The van der Waals surface area contributed by atoms with Crippen molar-refractivity contribution in [2.45, 2.75) is 25.8 Å². The Morgan fingerprint density at radius 1 is 1.38 bits per heavy atom. The number of nitrogens with one attached hydrogen (secondary N) is 1.